The van der Waals surface area contributed by atoms with Gasteiger partial charge in [-0.25, -0.2) is 8.42 Å². The molecule has 35 heavy (non-hydrogen) atoms. The number of benzene rings is 2. The van der Waals surface area contributed by atoms with E-state index >= 15 is 0 Å². The molecule has 0 N–H and O–H groups in total. The zero-order chi connectivity index (χ0) is 25.2. The Bertz CT molecular complexity index is 1140. The summed E-state index contributed by atoms with van der Waals surface area (Å²) in [5, 5.41) is 0.445. The van der Waals surface area contributed by atoms with Crippen LogP contribution in [-0.4, -0.2) is 84.3 Å². The summed E-state index contributed by atoms with van der Waals surface area (Å²) in [6.07, 6.45) is 0. The Hall–Kier alpha value is -2.53. The summed E-state index contributed by atoms with van der Waals surface area (Å²) in [4.78, 5) is 15.5. The second kappa shape index (κ2) is 10.6. The first-order valence-electron chi connectivity index (χ1n) is 11.2. The van der Waals surface area contributed by atoms with Crippen LogP contribution < -0.4 is 14.2 Å². The zero-order valence-electron chi connectivity index (χ0n) is 19.9. The van der Waals surface area contributed by atoms with Gasteiger partial charge in [0.15, 0.2) is 11.5 Å². The highest BCUT2D eigenvalue weighted by Gasteiger charge is 2.45. The van der Waals surface area contributed by atoms with Gasteiger partial charge in [0.1, 0.15) is 0 Å². The average molecular weight is 525 g/mol. The number of hydrogen-bond acceptors (Lipinski definition) is 7. The van der Waals surface area contributed by atoms with Gasteiger partial charge in [0, 0.05) is 37.1 Å². The molecule has 9 nitrogen and oxygen atoms in total. The fraction of sp³-hybridized carbons (Fsp3) is 0.458. The number of sulfonamides is 1. The van der Waals surface area contributed by atoms with Gasteiger partial charge < -0.3 is 23.8 Å². The molecule has 11 heteroatoms. The quantitative estimate of drug-likeness (QED) is 0.549. The smallest absolute Gasteiger partial charge is 0.243 e. The van der Waals surface area contributed by atoms with E-state index in [2.05, 4.69) is 0 Å². The molecule has 2 heterocycles. The highest BCUT2D eigenvalue weighted by Crippen LogP contribution is 2.44. The van der Waals surface area contributed by atoms with E-state index in [1.165, 1.54) is 49.9 Å². The fourth-order valence-electron chi connectivity index (χ4n) is 4.64. The van der Waals surface area contributed by atoms with Crippen molar-refractivity contribution in [2.45, 2.75) is 10.8 Å². The largest absolute Gasteiger partial charge is 0.493 e. The van der Waals surface area contributed by atoms with Crippen molar-refractivity contribution < 1.29 is 32.2 Å². The van der Waals surface area contributed by atoms with Crippen LogP contribution in [0.2, 0.25) is 5.02 Å². The standard InChI is InChI=1S/C24H29ClN2O7S/c1-31-21-12-16(13-22(32-2)23(21)33-3)19-14-27(35(29,30)18-6-4-17(25)5-7-18)15-20(19)24(28)26-8-10-34-11-9-26/h4-7,12-13,19-20H,8-11,14-15H2,1-3H3. The van der Waals surface area contributed by atoms with Gasteiger partial charge in [-0.2, -0.15) is 4.31 Å². The highest BCUT2D eigenvalue weighted by atomic mass is 35.5. The number of hydrogen-bond donors (Lipinski definition) is 0. The van der Waals surface area contributed by atoms with Gasteiger partial charge >= 0.3 is 0 Å². The van der Waals surface area contributed by atoms with Crippen LogP contribution in [0.4, 0.5) is 0 Å². The third-order valence-electron chi connectivity index (χ3n) is 6.49. The van der Waals surface area contributed by atoms with Crippen LogP contribution in [-0.2, 0) is 19.6 Å². The molecule has 2 atom stereocenters. The van der Waals surface area contributed by atoms with Crippen LogP contribution in [0.25, 0.3) is 0 Å². The molecular formula is C24H29ClN2O7S. The van der Waals surface area contributed by atoms with E-state index in [4.69, 9.17) is 30.5 Å². The maximum absolute atomic E-state index is 13.6. The number of methoxy groups -OCH3 is 3. The van der Waals surface area contributed by atoms with Gasteiger partial charge in [-0.05, 0) is 42.0 Å². The van der Waals surface area contributed by atoms with Gasteiger partial charge in [0.2, 0.25) is 21.7 Å². The first-order chi connectivity index (χ1) is 16.8. The number of nitrogens with zero attached hydrogens (tertiary/aromatic N) is 2. The molecule has 4 rings (SSSR count). The van der Waals surface area contributed by atoms with E-state index < -0.39 is 21.9 Å². The number of morpholine rings is 1. The Morgan fingerprint density at radius 3 is 2.11 bits per heavy atom. The first-order valence-corrected chi connectivity index (χ1v) is 13.0. The molecule has 2 aliphatic rings. The molecule has 1 amide bonds. The molecule has 2 aliphatic heterocycles. The maximum atomic E-state index is 13.6. The van der Waals surface area contributed by atoms with Crippen molar-refractivity contribution in [3.8, 4) is 17.2 Å². The molecule has 0 aliphatic carbocycles. The van der Waals surface area contributed by atoms with Crippen molar-refractivity contribution in [3.05, 3.63) is 47.0 Å². The molecule has 2 aromatic carbocycles. The number of carbonyl (C=O) groups excluding carboxylic acids is 1. The number of halogens is 1. The minimum Gasteiger partial charge on any atom is -0.493 e. The van der Waals surface area contributed by atoms with E-state index in [1.807, 2.05) is 0 Å². The summed E-state index contributed by atoms with van der Waals surface area (Å²) in [7, 11) is 0.704. The molecule has 0 bridgehead atoms. The van der Waals surface area contributed by atoms with Gasteiger partial charge in [-0.15, -0.1) is 0 Å². The second-order valence-corrected chi connectivity index (χ2v) is 10.8. The van der Waals surface area contributed by atoms with E-state index in [0.717, 1.165) is 5.56 Å². The van der Waals surface area contributed by atoms with E-state index in [9.17, 15) is 13.2 Å². The van der Waals surface area contributed by atoms with Crippen molar-refractivity contribution in [1.29, 1.82) is 0 Å². The second-order valence-electron chi connectivity index (χ2n) is 8.39. The average Bonchev–Trinajstić information content (AvgIpc) is 3.34. The minimum absolute atomic E-state index is 0.0580. The molecule has 2 fully saturated rings. The topological polar surface area (TPSA) is 94.6 Å². The monoisotopic (exact) mass is 524 g/mol. The predicted octanol–water partition coefficient (Wildman–Crippen LogP) is 2.63. The summed E-state index contributed by atoms with van der Waals surface area (Å²) in [6, 6.07) is 9.59. The Kier molecular flexibility index (Phi) is 7.75. The Morgan fingerprint density at radius 2 is 1.57 bits per heavy atom. The normalized spacial score (nSPS) is 21.1. The minimum atomic E-state index is -3.85. The summed E-state index contributed by atoms with van der Waals surface area (Å²) in [5.41, 5.74) is 0.736. The maximum Gasteiger partial charge on any atom is 0.243 e. The van der Waals surface area contributed by atoms with E-state index in [1.54, 1.807) is 17.0 Å². The number of amides is 1. The number of ether oxygens (including phenoxy) is 4. The number of rotatable bonds is 7. The molecule has 0 aromatic heterocycles. The molecule has 2 unspecified atom stereocenters. The fourth-order valence-corrected chi connectivity index (χ4v) is 6.26. The predicted molar refractivity (Wildman–Crippen MR) is 130 cm³/mol. The molecule has 2 saturated heterocycles. The van der Waals surface area contributed by atoms with Crippen molar-refractivity contribution in [2.24, 2.45) is 5.92 Å². The summed E-state index contributed by atoms with van der Waals surface area (Å²) >= 11 is 5.95. The lowest BCUT2D eigenvalue weighted by Crippen LogP contribution is -2.45. The van der Waals surface area contributed by atoms with Crippen molar-refractivity contribution >= 4 is 27.5 Å². The lowest BCUT2D eigenvalue weighted by molar-refractivity contribution is -0.139. The van der Waals surface area contributed by atoms with Crippen molar-refractivity contribution in [3.63, 3.8) is 0 Å². The Balaban J connectivity index is 1.74. The van der Waals surface area contributed by atoms with Crippen molar-refractivity contribution in [2.75, 3.05) is 60.7 Å². The first kappa shape index (κ1) is 25.6. The van der Waals surface area contributed by atoms with Gasteiger partial charge in [0.25, 0.3) is 0 Å². The lowest BCUT2D eigenvalue weighted by Gasteiger charge is -2.31. The van der Waals surface area contributed by atoms with E-state index in [0.29, 0.717) is 48.6 Å². The highest BCUT2D eigenvalue weighted by molar-refractivity contribution is 7.89. The molecule has 0 radical (unpaired) electrons. The molecule has 0 spiro atoms. The van der Waals surface area contributed by atoms with Crippen LogP contribution in [0.15, 0.2) is 41.3 Å². The third kappa shape index (κ3) is 5.06. The van der Waals surface area contributed by atoms with Crippen LogP contribution in [0.1, 0.15) is 11.5 Å². The summed E-state index contributed by atoms with van der Waals surface area (Å²) < 4.78 is 50.2. The Morgan fingerprint density at radius 1 is 0.971 bits per heavy atom. The zero-order valence-corrected chi connectivity index (χ0v) is 21.5. The van der Waals surface area contributed by atoms with Gasteiger partial charge in [0.05, 0.1) is 45.4 Å². The van der Waals surface area contributed by atoms with Crippen LogP contribution in [0.3, 0.4) is 0 Å². The van der Waals surface area contributed by atoms with Crippen LogP contribution in [0, 0.1) is 5.92 Å². The molecule has 0 saturated carbocycles. The molecular weight excluding hydrogens is 496 g/mol. The van der Waals surface area contributed by atoms with E-state index in [-0.39, 0.29) is 23.9 Å². The van der Waals surface area contributed by atoms with Crippen molar-refractivity contribution in [1.82, 2.24) is 9.21 Å². The van der Waals surface area contributed by atoms with Crippen LogP contribution in [0.5, 0.6) is 17.2 Å². The van der Waals surface area contributed by atoms with Gasteiger partial charge in [-0.1, -0.05) is 11.6 Å². The Labute approximate surface area is 210 Å². The summed E-state index contributed by atoms with van der Waals surface area (Å²) in [6.45, 7) is 2.05. The molecule has 190 valence electrons. The SMILES string of the molecule is COc1cc(C2CN(S(=O)(=O)c3ccc(Cl)cc3)CC2C(=O)N2CCOCC2)cc(OC)c1OC. The molecule has 2 aromatic rings. The van der Waals surface area contributed by atoms with Crippen LogP contribution >= 0.6 is 11.6 Å². The lowest BCUT2D eigenvalue weighted by atomic mass is 9.87. The number of carbonyl (C=O) groups is 1. The van der Waals surface area contributed by atoms with Gasteiger partial charge in [-0.3, -0.25) is 4.79 Å². The summed E-state index contributed by atoms with van der Waals surface area (Å²) in [5.74, 6) is 0.218. The third-order valence-corrected chi connectivity index (χ3v) is 8.59.